The molecule has 1 unspecified atom stereocenters. The van der Waals surface area contributed by atoms with Gasteiger partial charge in [0, 0.05) is 22.9 Å². The van der Waals surface area contributed by atoms with Gasteiger partial charge in [0.25, 0.3) is 0 Å². The van der Waals surface area contributed by atoms with Crippen LogP contribution in [0.4, 0.5) is 10.2 Å². The first-order valence-electron chi connectivity index (χ1n) is 8.53. The van der Waals surface area contributed by atoms with Gasteiger partial charge in [-0.3, -0.25) is 4.79 Å². The number of hydrogen-bond acceptors (Lipinski definition) is 5. The third-order valence-corrected chi connectivity index (χ3v) is 5.13. The zero-order valence-electron chi connectivity index (χ0n) is 14.6. The zero-order valence-corrected chi connectivity index (χ0v) is 15.4. The Balaban J connectivity index is 1.69. The van der Waals surface area contributed by atoms with Gasteiger partial charge in [-0.2, -0.15) is 14.3 Å². The summed E-state index contributed by atoms with van der Waals surface area (Å²) in [6, 6.07) is 7.72. The van der Waals surface area contributed by atoms with Crippen molar-refractivity contribution in [1.29, 1.82) is 0 Å². The van der Waals surface area contributed by atoms with Crippen molar-refractivity contribution < 1.29 is 9.18 Å². The monoisotopic (exact) mass is 397 g/mol. The van der Waals surface area contributed by atoms with E-state index in [0.717, 1.165) is 11.3 Å². The molecule has 5 rings (SSSR count). The van der Waals surface area contributed by atoms with Crippen LogP contribution in [0, 0.1) is 12.7 Å². The van der Waals surface area contributed by atoms with Crippen molar-refractivity contribution in [3.8, 4) is 5.82 Å². The Morgan fingerprint density at radius 3 is 2.93 bits per heavy atom. The second-order valence-corrected chi connectivity index (χ2v) is 6.96. The van der Waals surface area contributed by atoms with Crippen molar-refractivity contribution in [1.82, 2.24) is 29.6 Å². The topological polar surface area (TPSA) is 90.0 Å². The molecule has 1 aliphatic rings. The van der Waals surface area contributed by atoms with Crippen LogP contribution in [-0.4, -0.2) is 35.5 Å². The van der Waals surface area contributed by atoms with Crippen LogP contribution in [0.5, 0.6) is 0 Å². The van der Waals surface area contributed by atoms with E-state index in [1.54, 1.807) is 22.9 Å². The van der Waals surface area contributed by atoms with Gasteiger partial charge in [-0.1, -0.05) is 17.7 Å². The van der Waals surface area contributed by atoms with Crippen LogP contribution in [0.3, 0.4) is 0 Å². The van der Waals surface area contributed by atoms with Gasteiger partial charge in [-0.15, -0.1) is 15.3 Å². The summed E-state index contributed by atoms with van der Waals surface area (Å²) in [6.45, 7) is 1.86. The summed E-state index contributed by atoms with van der Waals surface area (Å²) < 4.78 is 16.6. The Hall–Kier alpha value is -3.33. The highest BCUT2D eigenvalue weighted by Crippen LogP contribution is 2.42. The van der Waals surface area contributed by atoms with Crippen LogP contribution >= 0.6 is 11.6 Å². The average molecular weight is 398 g/mol. The minimum absolute atomic E-state index is 0.176. The lowest BCUT2D eigenvalue weighted by Crippen LogP contribution is -2.25. The van der Waals surface area contributed by atoms with E-state index in [0.29, 0.717) is 22.8 Å². The molecule has 0 radical (unpaired) electrons. The zero-order chi connectivity index (χ0) is 19.4. The Morgan fingerprint density at radius 1 is 1.25 bits per heavy atom. The van der Waals surface area contributed by atoms with Gasteiger partial charge in [0.15, 0.2) is 11.5 Å². The first-order chi connectivity index (χ1) is 13.5. The van der Waals surface area contributed by atoms with Gasteiger partial charge in [-0.05, 0) is 36.8 Å². The number of carbonyl (C=O) groups is 1. The van der Waals surface area contributed by atoms with E-state index in [1.165, 1.54) is 23.0 Å². The van der Waals surface area contributed by atoms with Crippen LogP contribution in [0.25, 0.3) is 11.5 Å². The Bertz CT molecular complexity index is 1250. The summed E-state index contributed by atoms with van der Waals surface area (Å²) in [4.78, 5) is 12.4. The first kappa shape index (κ1) is 16.8. The molecule has 0 spiro atoms. The summed E-state index contributed by atoms with van der Waals surface area (Å²) in [7, 11) is 0. The summed E-state index contributed by atoms with van der Waals surface area (Å²) in [5.41, 5.74) is 2.84. The fraction of sp³-hybridized carbons (Fsp3) is 0.167. The maximum atomic E-state index is 13.5. The second kappa shape index (κ2) is 6.10. The Labute approximate surface area is 163 Å². The molecule has 4 aromatic rings. The largest absolute Gasteiger partial charge is 0.310 e. The summed E-state index contributed by atoms with van der Waals surface area (Å²) in [5, 5.41) is 19.9. The molecule has 0 aliphatic carbocycles. The fourth-order valence-electron chi connectivity index (χ4n) is 3.59. The van der Waals surface area contributed by atoms with Crippen molar-refractivity contribution in [3.05, 3.63) is 64.3 Å². The highest BCUT2D eigenvalue weighted by atomic mass is 35.5. The number of aryl methyl sites for hydroxylation is 1. The van der Waals surface area contributed by atoms with Crippen LogP contribution in [0.2, 0.25) is 5.02 Å². The minimum Gasteiger partial charge on any atom is -0.310 e. The molecule has 0 fully saturated rings. The number of halogens is 2. The van der Waals surface area contributed by atoms with Gasteiger partial charge in [0.05, 0.1) is 5.69 Å². The molecule has 1 aromatic carbocycles. The van der Waals surface area contributed by atoms with Gasteiger partial charge >= 0.3 is 0 Å². The lowest BCUT2D eigenvalue weighted by atomic mass is 9.86. The molecule has 0 saturated carbocycles. The molecule has 4 heterocycles. The van der Waals surface area contributed by atoms with Gasteiger partial charge in [-0.25, -0.2) is 4.39 Å². The first-order valence-corrected chi connectivity index (χ1v) is 8.91. The highest BCUT2D eigenvalue weighted by molar-refractivity contribution is 6.31. The number of benzene rings is 1. The van der Waals surface area contributed by atoms with Gasteiger partial charge in [0.2, 0.25) is 5.91 Å². The molecule has 1 N–H and O–H groups in total. The van der Waals surface area contributed by atoms with E-state index >= 15 is 0 Å². The van der Waals surface area contributed by atoms with Crippen LogP contribution in [0.15, 0.2) is 36.7 Å². The van der Waals surface area contributed by atoms with Crippen molar-refractivity contribution in [2.45, 2.75) is 19.3 Å². The highest BCUT2D eigenvalue weighted by Gasteiger charge is 2.34. The standard InChI is InChI=1S/C18H13ClFN7O/c1-9-17-12(11-3-2-10(20)6-13(11)19)7-16(28)22-18(17)27(24-9)15-5-4-14-23-21-8-26(14)25-15/h2-6,8,12H,7H2,1H3,(H,22,28). The number of hydrogen-bond donors (Lipinski definition) is 1. The number of carbonyl (C=O) groups excluding carboxylic acids is 1. The van der Waals surface area contributed by atoms with Gasteiger partial charge in [0.1, 0.15) is 18.0 Å². The predicted molar refractivity (Wildman–Crippen MR) is 99.1 cm³/mol. The molecule has 1 amide bonds. The molecular formula is C18H13ClFN7O. The number of anilines is 1. The Morgan fingerprint density at radius 2 is 2.11 bits per heavy atom. The van der Waals surface area contributed by atoms with Crippen LogP contribution < -0.4 is 5.32 Å². The molecule has 0 bridgehead atoms. The molecule has 10 heteroatoms. The maximum Gasteiger partial charge on any atom is 0.226 e. The normalized spacial score (nSPS) is 16.2. The van der Waals surface area contributed by atoms with E-state index in [1.807, 2.05) is 6.92 Å². The predicted octanol–water partition coefficient (Wildman–Crippen LogP) is 2.89. The number of aromatic nitrogens is 6. The summed E-state index contributed by atoms with van der Waals surface area (Å²) in [5.74, 6) is 0.101. The lowest BCUT2D eigenvalue weighted by Gasteiger charge is -2.25. The smallest absolute Gasteiger partial charge is 0.226 e. The average Bonchev–Trinajstić information content (AvgIpc) is 3.25. The molecular weight excluding hydrogens is 385 g/mol. The number of fused-ring (bicyclic) bond motifs is 2. The van der Waals surface area contributed by atoms with Crippen molar-refractivity contribution in [3.63, 3.8) is 0 Å². The van der Waals surface area contributed by atoms with Crippen LogP contribution in [-0.2, 0) is 4.79 Å². The number of amides is 1. The van der Waals surface area contributed by atoms with Crippen molar-refractivity contribution in [2.75, 3.05) is 5.32 Å². The SMILES string of the molecule is Cc1nn(-c2ccc3nncn3n2)c2c1C(c1ccc(F)cc1Cl)CC(=O)N2. The minimum atomic E-state index is -0.423. The quantitative estimate of drug-likeness (QED) is 0.561. The fourth-order valence-corrected chi connectivity index (χ4v) is 3.89. The van der Waals surface area contributed by atoms with E-state index < -0.39 is 5.82 Å². The number of nitrogens with zero attached hydrogens (tertiary/aromatic N) is 6. The third-order valence-electron chi connectivity index (χ3n) is 4.81. The van der Waals surface area contributed by atoms with E-state index in [-0.39, 0.29) is 23.3 Å². The Kier molecular flexibility index (Phi) is 3.66. The van der Waals surface area contributed by atoms with E-state index in [9.17, 15) is 9.18 Å². The molecule has 8 nitrogen and oxygen atoms in total. The molecule has 1 atom stereocenters. The lowest BCUT2D eigenvalue weighted by molar-refractivity contribution is -0.116. The molecule has 0 saturated heterocycles. The third kappa shape index (κ3) is 2.55. The second-order valence-electron chi connectivity index (χ2n) is 6.56. The van der Waals surface area contributed by atoms with Crippen LogP contribution in [0.1, 0.15) is 29.2 Å². The summed E-state index contributed by atoms with van der Waals surface area (Å²) >= 11 is 6.28. The van der Waals surface area contributed by atoms with Crippen molar-refractivity contribution in [2.24, 2.45) is 0 Å². The molecule has 1 aliphatic heterocycles. The number of rotatable bonds is 2. The van der Waals surface area contributed by atoms with E-state index in [2.05, 4.69) is 25.7 Å². The maximum absolute atomic E-state index is 13.5. The van der Waals surface area contributed by atoms with E-state index in [4.69, 9.17) is 11.6 Å². The summed E-state index contributed by atoms with van der Waals surface area (Å²) in [6.07, 6.45) is 1.68. The van der Waals surface area contributed by atoms with Gasteiger partial charge < -0.3 is 5.32 Å². The van der Waals surface area contributed by atoms with Crippen molar-refractivity contribution >= 4 is 29.0 Å². The molecule has 140 valence electrons. The molecule has 28 heavy (non-hydrogen) atoms. The molecule has 3 aromatic heterocycles. The number of nitrogens with one attached hydrogen (secondary N) is 1.